The average Bonchev–Trinajstić information content (AvgIpc) is 3.08. The van der Waals surface area contributed by atoms with Gasteiger partial charge in [0.05, 0.1) is 16.0 Å². The second-order valence-electron chi connectivity index (χ2n) is 7.26. The highest BCUT2D eigenvalue weighted by Gasteiger charge is 2.11. The highest BCUT2D eigenvalue weighted by atomic mass is 32.2. The number of hydrogen-bond donors (Lipinski definition) is 1. The number of benzene rings is 2. The molecule has 0 aliphatic carbocycles. The minimum Gasteiger partial charge on any atom is -0.284 e. The number of nitrogens with zero attached hydrogens (tertiary/aromatic N) is 1. The number of aryl methyl sites for hydroxylation is 1. The molecule has 2 aromatic carbocycles. The van der Waals surface area contributed by atoms with Gasteiger partial charge in [-0.2, -0.15) is 0 Å². The Morgan fingerprint density at radius 2 is 1.68 bits per heavy atom. The zero-order chi connectivity index (χ0) is 20.0. The van der Waals surface area contributed by atoms with Crippen LogP contribution in [-0.4, -0.2) is 19.2 Å². The van der Waals surface area contributed by atoms with E-state index in [0.29, 0.717) is 12.1 Å². The maximum atomic E-state index is 12.3. The van der Waals surface area contributed by atoms with Crippen molar-refractivity contribution in [2.45, 2.75) is 52.4 Å². The summed E-state index contributed by atoms with van der Waals surface area (Å²) >= 11 is 1.65. The van der Waals surface area contributed by atoms with E-state index in [1.54, 1.807) is 11.3 Å². The molecular weight excluding hydrogens is 388 g/mol. The molecule has 1 N–H and O–H groups in total. The molecular formula is C22H28N2O2S2. The summed E-state index contributed by atoms with van der Waals surface area (Å²) in [5, 5.41) is 0.946. The van der Waals surface area contributed by atoms with Crippen molar-refractivity contribution in [3.63, 3.8) is 0 Å². The summed E-state index contributed by atoms with van der Waals surface area (Å²) in [7, 11) is -3.29. The number of nitrogens with one attached hydrogen (secondary N) is 1. The summed E-state index contributed by atoms with van der Waals surface area (Å²) in [6, 6.07) is 13.7. The topological polar surface area (TPSA) is 59.1 Å². The van der Waals surface area contributed by atoms with Gasteiger partial charge in [-0.15, -0.1) is 11.3 Å². The van der Waals surface area contributed by atoms with Crippen LogP contribution in [-0.2, 0) is 10.0 Å². The van der Waals surface area contributed by atoms with Crippen LogP contribution in [0, 0.1) is 6.92 Å². The lowest BCUT2D eigenvalue weighted by atomic mass is 10.1. The van der Waals surface area contributed by atoms with Crippen molar-refractivity contribution < 1.29 is 8.42 Å². The second-order valence-corrected chi connectivity index (χ2v) is 10.1. The van der Waals surface area contributed by atoms with E-state index < -0.39 is 10.0 Å². The second kappa shape index (κ2) is 9.52. The number of anilines is 1. The molecule has 1 heterocycles. The fourth-order valence-corrected chi connectivity index (χ4v) is 5.39. The molecule has 0 bridgehead atoms. The number of thiazole rings is 1. The molecule has 3 aromatic rings. The van der Waals surface area contributed by atoms with Crippen LogP contribution in [0.4, 0.5) is 5.69 Å². The zero-order valence-corrected chi connectivity index (χ0v) is 18.2. The van der Waals surface area contributed by atoms with Crippen molar-refractivity contribution in [1.29, 1.82) is 0 Å². The summed E-state index contributed by atoms with van der Waals surface area (Å²) in [5.74, 6) is 0.179. The molecule has 0 amide bonds. The van der Waals surface area contributed by atoms with E-state index in [4.69, 9.17) is 0 Å². The average molecular weight is 417 g/mol. The Morgan fingerprint density at radius 1 is 0.964 bits per heavy atom. The molecule has 6 heteroatoms. The normalized spacial score (nSPS) is 11.8. The van der Waals surface area contributed by atoms with Gasteiger partial charge in [0.2, 0.25) is 10.0 Å². The monoisotopic (exact) mass is 416 g/mol. The van der Waals surface area contributed by atoms with E-state index in [1.165, 1.54) is 29.5 Å². The van der Waals surface area contributed by atoms with Gasteiger partial charge in [0.25, 0.3) is 0 Å². The Kier molecular flexibility index (Phi) is 7.08. The third-order valence-electron chi connectivity index (χ3n) is 4.72. The first-order valence-corrected chi connectivity index (χ1v) is 12.4. The summed E-state index contributed by atoms with van der Waals surface area (Å²) in [5.41, 5.74) is 3.82. The first-order chi connectivity index (χ1) is 13.5. The van der Waals surface area contributed by atoms with Crippen LogP contribution < -0.4 is 4.72 Å². The van der Waals surface area contributed by atoms with E-state index in [2.05, 4.69) is 35.7 Å². The molecule has 0 radical (unpaired) electrons. The fourth-order valence-electron chi connectivity index (χ4n) is 3.14. The van der Waals surface area contributed by atoms with Crippen molar-refractivity contribution in [1.82, 2.24) is 4.98 Å². The van der Waals surface area contributed by atoms with Gasteiger partial charge in [0, 0.05) is 11.3 Å². The van der Waals surface area contributed by atoms with Gasteiger partial charge in [0.15, 0.2) is 0 Å². The number of unbranched alkanes of at least 4 members (excludes halogenated alkanes) is 5. The first kappa shape index (κ1) is 20.8. The Hall–Kier alpha value is -1.92. The molecule has 1 aromatic heterocycles. The van der Waals surface area contributed by atoms with Gasteiger partial charge in [0.1, 0.15) is 5.01 Å². The Bertz CT molecular complexity index is 1010. The fraction of sp³-hybridized carbons (Fsp3) is 0.409. The number of aromatic nitrogens is 1. The summed E-state index contributed by atoms with van der Waals surface area (Å²) in [6.45, 7) is 4.25. The third kappa shape index (κ3) is 5.79. The van der Waals surface area contributed by atoms with Gasteiger partial charge in [-0.05, 0) is 55.3 Å². The standard InChI is InChI=1S/C22H28N2O2S2/c1-3-4-5-6-7-8-15-28(25,26)24-19-12-10-18(11-13-19)22-23-20-14-9-17(2)16-21(20)27-22/h9-14,16,24H,3-8,15H2,1-2H3. The quantitative estimate of drug-likeness (QED) is 0.390. The predicted octanol–water partition coefficient (Wildman–Crippen LogP) is 6.37. The summed E-state index contributed by atoms with van der Waals surface area (Å²) < 4.78 is 28.4. The van der Waals surface area contributed by atoms with Crippen molar-refractivity contribution in [3.8, 4) is 10.6 Å². The Labute approximate surface area is 172 Å². The molecule has 0 fully saturated rings. The van der Waals surface area contributed by atoms with Crippen LogP contribution in [0.15, 0.2) is 42.5 Å². The molecule has 3 rings (SSSR count). The number of sulfonamides is 1. The smallest absolute Gasteiger partial charge is 0.232 e. The molecule has 0 saturated carbocycles. The molecule has 150 valence electrons. The number of hydrogen-bond acceptors (Lipinski definition) is 4. The highest BCUT2D eigenvalue weighted by Crippen LogP contribution is 2.31. The maximum Gasteiger partial charge on any atom is 0.232 e. The van der Waals surface area contributed by atoms with Crippen LogP contribution >= 0.6 is 11.3 Å². The molecule has 28 heavy (non-hydrogen) atoms. The van der Waals surface area contributed by atoms with E-state index in [-0.39, 0.29) is 5.75 Å². The number of rotatable bonds is 10. The van der Waals surface area contributed by atoms with E-state index in [9.17, 15) is 8.42 Å². The van der Waals surface area contributed by atoms with Gasteiger partial charge in [-0.1, -0.05) is 45.1 Å². The van der Waals surface area contributed by atoms with Crippen LogP contribution in [0.1, 0.15) is 51.0 Å². The lowest BCUT2D eigenvalue weighted by Crippen LogP contribution is -2.16. The van der Waals surface area contributed by atoms with E-state index in [1.807, 2.05) is 30.3 Å². The number of fused-ring (bicyclic) bond motifs is 1. The highest BCUT2D eigenvalue weighted by molar-refractivity contribution is 7.92. The largest absolute Gasteiger partial charge is 0.284 e. The molecule has 0 atom stereocenters. The lowest BCUT2D eigenvalue weighted by Gasteiger charge is -2.08. The minimum atomic E-state index is -3.29. The molecule has 0 unspecified atom stereocenters. The van der Waals surface area contributed by atoms with Gasteiger partial charge < -0.3 is 0 Å². The zero-order valence-electron chi connectivity index (χ0n) is 16.6. The van der Waals surface area contributed by atoms with Gasteiger partial charge >= 0.3 is 0 Å². The van der Waals surface area contributed by atoms with Crippen molar-refractivity contribution in [3.05, 3.63) is 48.0 Å². The van der Waals surface area contributed by atoms with Crippen LogP contribution in [0.3, 0.4) is 0 Å². The van der Waals surface area contributed by atoms with Crippen molar-refractivity contribution in [2.75, 3.05) is 10.5 Å². The van der Waals surface area contributed by atoms with Gasteiger partial charge in [-0.3, -0.25) is 4.72 Å². The first-order valence-electron chi connectivity index (χ1n) is 9.95. The molecule has 0 aliphatic rings. The molecule has 0 aliphatic heterocycles. The minimum absolute atomic E-state index is 0.179. The lowest BCUT2D eigenvalue weighted by molar-refractivity contribution is 0.588. The van der Waals surface area contributed by atoms with E-state index in [0.717, 1.165) is 28.9 Å². The Balaban J connectivity index is 1.58. The molecule has 0 spiro atoms. The Morgan fingerprint density at radius 3 is 2.43 bits per heavy atom. The van der Waals surface area contributed by atoms with Crippen molar-refractivity contribution in [2.24, 2.45) is 0 Å². The summed E-state index contributed by atoms with van der Waals surface area (Å²) in [6.07, 6.45) is 6.41. The van der Waals surface area contributed by atoms with Crippen molar-refractivity contribution >= 4 is 37.3 Å². The third-order valence-corrected chi connectivity index (χ3v) is 7.16. The SMILES string of the molecule is CCCCCCCCS(=O)(=O)Nc1ccc(-c2nc3ccc(C)cc3s2)cc1. The van der Waals surface area contributed by atoms with Crippen LogP contribution in [0.2, 0.25) is 0 Å². The van der Waals surface area contributed by atoms with Crippen LogP contribution in [0.25, 0.3) is 20.8 Å². The summed E-state index contributed by atoms with van der Waals surface area (Å²) in [4.78, 5) is 4.68. The maximum absolute atomic E-state index is 12.3. The van der Waals surface area contributed by atoms with E-state index >= 15 is 0 Å². The molecule has 0 saturated heterocycles. The van der Waals surface area contributed by atoms with Crippen LogP contribution in [0.5, 0.6) is 0 Å². The molecule has 4 nitrogen and oxygen atoms in total. The van der Waals surface area contributed by atoms with Gasteiger partial charge in [-0.25, -0.2) is 13.4 Å². The predicted molar refractivity (Wildman–Crippen MR) is 121 cm³/mol.